The molecule has 118 valence electrons. The van der Waals surface area contributed by atoms with Crippen LogP contribution in [0, 0.1) is 29.1 Å². The Labute approximate surface area is 127 Å². The van der Waals surface area contributed by atoms with E-state index in [1.165, 1.54) is 13.3 Å². The number of ketones is 1. The topological polar surface area (TPSA) is 43.4 Å². The van der Waals surface area contributed by atoms with Crippen LogP contribution < -0.4 is 0 Å². The van der Waals surface area contributed by atoms with E-state index in [0.717, 1.165) is 38.5 Å². The van der Waals surface area contributed by atoms with E-state index in [4.69, 9.17) is 4.74 Å². The minimum atomic E-state index is -0.154. The Morgan fingerprint density at radius 3 is 2.67 bits per heavy atom. The molecule has 0 aliphatic heterocycles. The van der Waals surface area contributed by atoms with Gasteiger partial charge in [-0.2, -0.15) is 0 Å². The van der Waals surface area contributed by atoms with Crippen LogP contribution in [0.5, 0.6) is 0 Å². The molecule has 3 nitrogen and oxygen atoms in total. The van der Waals surface area contributed by atoms with E-state index in [1.807, 2.05) is 0 Å². The number of hydrogen-bond donors (Lipinski definition) is 0. The van der Waals surface area contributed by atoms with E-state index in [-0.39, 0.29) is 23.4 Å². The number of rotatable bonds is 1. The van der Waals surface area contributed by atoms with Crippen molar-refractivity contribution in [3.63, 3.8) is 0 Å². The van der Waals surface area contributed by atoms with Crippen LogP contribution in [-0.4, -0.2) is 17.9 Å². The third-order valence-electron chi connectivity index (χ3n) is 6.74. The van der Waals surface area contributed by atoms with Crippen LogP contribution in [0.4, 0.5) is 0 Å². The highest BCUT2D eigenvalue weighted by atomic mass is 16.5. The second-order valence-corrected chi connectivity index (χ2v) is 7.88. The fraction of sp³-hybridized carbons (Fsp3) is 0.889. The van der Waals surface area contributed by atoms with E-state index in [1.54, 1.807) is 0 Å². The average Bonchev–Trinajstić information content (AvgIpc) is 2.42. The highest BCUT2D eigenvalue weighted by molar-refractivity contribution is 5.84. The van der Waals surface area contributed by atoms with Crippen LogP contribution in [0.2, 0.25) is 0 Å². The van der Waals surface area contributed by atoms with E-state index in [9.17, 15) is 9.59 Å². The molecule has 0 unspecified atom stereocenters. The molecule has 0 N–H and O–H groups in total. The van der Waals surface area contributed by atoms with Gasteiger partial charge in [0.25, 0.3) is 0 Å². The number of Topliss-reactive ketones (excluding diaryl/α,β-unsaturated/α-hetero) is 1. The molecule has 21 heavy (non-hydrogen) atoms. The van der Waals surface area contributed by atoms with Crippen LogP contribution in [-0.2, 0) is 14.3 Å². The number of ether oxygens (including phenoxy) is 1. The molecule has 6 atom stereocenters. The molecule has 3 fully saturated rings. The monoisotopic (exact) mass is 292 g/mol. The van der Waals surface area contributed by atoms with Gasteiger partial charge in [-0.25, -0.2) is 0 Å². The molecule has 0 amide bonds. The average molecular weight is 292 g/mol. The minimum Gasteiger partial charge on any atom is -0.463 e. The highest BCUT2D eigenvalue weighted by Gasteiger charge is 2.54. The first-order chi connectivity index (χ1) is 9.91. The normalized spacial score (nSPS) is 46.4. The molecule has 3 saturated carbocycles. The Bertz CT molecular complexity index is 444. The molecule has 0 saturated heterocycles. The molecule has 0 heterocycles. The van der Waals surface area contributed by atoms with Crippen molar-refractivity contribution < 1.29 is 14.3 Å². The Kier molecular flexibility index (Phi) is 3.87. The Morgan fingerprint density at radius 2 is 1.95 bits per heavy atom. The molecular formula is C18H28O3. The van der Waals surface area contributed by atoms with Gasteiger partial charge in [0.1, 0.15) is 11.9 Å². The third kappa shape index (κ3) is 2.53. The molecule has 3 aliphatic carbocycles. The Balaban J connectivity index is 1.76. The highest BCUT2D eigenvalue weighted by Crippen LogP contribution is 2.59. The molecule has 3 heteroatoms. The summed E-state index contributed by atoms with van der Waals surface area (Å²) in [5, 5.41) is 0. The lowest BCUT2D eigenvalue weighted by Crippen LogP contribution is -2.52. The van der Waals surface area contributed by atoms with Gasteiger partial charge in [0.05, 0.1) is 0 Å². The number of carbonyl (C=O) groups is 2. The van der Waals surface area contributed by atoms with Crippen molar-refractivity contribution in [1.29, 1.82) is 0 Å². The van der Waals surface area contributed by atoms with Gasteiger partial charge < -0.3 is 4.74 Å². The summed E-state index contributed by atoms with van der Waals surface area (Å²) in [7, 11) is 0. The Morgan fingerprint density at radius 1 is 1.19 bits per heavy atom. The summed E-state index contributed by atoms with van der Waals surface area (Å²) in [6, 6.07) is 0. The van der Waals surface area contributed by atoms with Gasteiger partial charge in [-0.05, 0) is 62.2 Å². The standard InChI is InChI=1S/C18H28O3/c1-11-4-7-16-15(17(11)20)6-5-13-10-14(21-12(2)19)8-9-18(13,16)3/h11,13-16H,4-10H2,1-3H3/t11-,13-,14-,15+,16-,18-/m0/s1. The fourth-order valence-electron chi connectivity index (χ4n) is 5.51. The van der Waals surface area contributed by atoms with Gasteiger partial charge in [-0.1, -0.05) is 13.8 Å². The van der Waals surface area contributed by atoms with Crippen molar-refractivity contribution in [2.75, 3.05) is 0 Å². The van der Waals surface area contributed by atoms with E-state index in [0.29, 0.717) is 23.5 Å². The van der Waals surface area contributed by atoms with Crippen molar-refractivity contribution >= 4 is 11.8 Å². The quantitative estimate of drug-likeness (QED) is 0.691. The van der Waals surface area contributed by atoms with Crippen molar-refractivity contribution in [3.8, 4) is 0 Å². The maximum absolute atomic E-state index is 12.5. The number of esters is 1. The molecule has 0 radical (unpaired) electrons. The molecule has 3 rings (SSSR count). The summed E-state index contributed by atoms with van der Waals surface area (Å²) in [6.07, 6.45) is 7.66. The molecule has 0 aromatic carbocycles. The van der Waals surface area contributed by atoms with E-state index < -0.39 is 0 Å². The van der Waals surface area contributed by atoms with Gasteiger partial charge in [-0.15, -0.1) is 0 Å². The maximum Gasteiger partial charge on any atom is 0.302 e. The number of fused-ring (bicyclic) bond motifs is 3. The first kappa shape index (κ1) is 15.1. The van der Waals surface area contributed by atoms with Crippen LogP contribution in [0.3, 0.4) is 0 Å². The Hall–Kier alpha value is -0.860. The zero-order chi connectivity index (χ0) is 15.2. The third-order valence-corrected chi connectivity index (χ3v) is 6.74. The zero-order valence-electron chi connectivity index (χ0n) is 13.6. The van der Waals surface area contributed by atoms with Gasteiger partial charge in [0.15, 0.2) is 0 Å². The van der Waals surface area contributed by atoms with Crippen LogP contribution >= 0.6 is 0 Å². The maximum atomic E-state index is 12.5. The first-order valence-electron chi connectivity index (χ1n) is 8.62. The number of carbonyl (C=O) groups excluding carboxylic acids is 2. The first-order valence-corrected chi connectivity index (χ1v) is 8.62. The summed E-state index contributed by atoms with van der Waals surface area (Å²) in [5.74, 6) is 2.13. The predicted octanol–water partition coefficient (Wildman–Crippen LogP) is 3.75. The summed E-state index contributed by atoms with van der Waals surface area (Å²) < 4.78 is 5.45. The second kappa shape index (κ2) is 5.40. The lowest BCUT2D eigenvalue weighted by molar-refractivity contribution is -0.158. The van der Waals surface area contributed by atoms with Gasteiger partial charge in [-0.3, -0.25) is 9.59 Å². The van der Waals surface area contributed by atoms with Crippen LogP contribution in [0.25, 0.3) is 0 Å². The SMILES string of the molecule is CC(=O)O[C@H]1CC[C@@]2(C)[C@@H](CC[C@H]3C(=O)[C@@H](C)CC[C@@H]32)C1. The number of hydrogen-bond acceptors (Lipinski definition) is 3. The summed E-state index contributed by atoms with van der Waals surface area (Å²) in [5.41, 5.74) is 0.287. The van der Waals surface area contributed by atoms with Crippen molar-refractivity contribution in [3.05, 3.63) is 0 Å². The lowest BCUT2D eigenvalue weighted by atomic mass is 9.48. The van der Waals surface area contributed by atoms with Crippen LogP contribution in [0.1, 0.15) is 65.7 Å². The lowest BCUT2D eigenvalue weighted by Gasteiger charge is -2.56. The summed E-state index contributed by atoms with van der Waals surface area (Å²) >= 11 is 0. The van der Waals surface area contributed by atoms with Gasteiger partial charge in [0, 0.05) is 18.8 Å². The predicted molar refractivity (Wildman–Crippen MR) is 80.6 cm³/mol. The smallest absolute Gasteiger partial charge is 0.302 e. The largest absolute Gasteiger partial charge is 0.463 e. The summed E-state index contributed by atoms with van der Waals surface area (Å²) in [4.78, 5) is 23.7. The summed E-state index contributed by atoms with van der Waals surface area (Å²) in [6.45, 7) is 6.01. The van der Waals surface area contributed by atoms with Crippen molar-refractivity contribution in [2.45, 2.75) is 71.8 Å². The van der Waals surface area contributed by atoms with Crippen molar-refractivity contribution in [1.82, 2.24) is 0 Å². The minimum absolute atomic E-state index is 0.107. The van der Waals surface area contributed by atoms with E-state index in [2.05, 4.69) is 13.8 Å². The van der Waals surface area contributed by atoms with Crippen LogP contribution in [0.15, 0.2) is 0 Å². The fourth-order valence-corrected chi connectivity index (χ4v) is 5.51. The second-order valence-electron chi connectivity index (χ2n) is 7.88. The molecule has 0 spiro atoms. The molecule has 0 aromatic heterocycles. The molecule has 0 bridgehead atoms. The van der Waals surface area contributed by atoms with Gasteiger partial charge >= 0.3 is 5.97 Å². The van der Waals surface area contributed by atoms with Gasteiger partial charge in [0.2, 0.25) is 0 Å². The molecule has 3 aliphatic rings. The zero-order valence-corrected chi connectivity index (χ0v) is 13.6. The molecular weight excluding hydrogens is 264 g/mol. The molecule has 0 aromatic rings. The van der Waals surface area contributed by atoms with E-state index >= 15 is 0 Å². The van der Waals surface area contributed by atoms with Crippen molar-refractivity contribution in [2.24, 2.45) is 29.1 Å².